The molecule has 1 amide bonds. The zero-order valence-corrected chi connectivity index (χ0v) is 18.8. The van der Waals surface area contributed by atoms with Gasteiger partial charge in [-0.2, -0.15) is 5.10 Å². The van der Waals surface area contributed by atoms with E-state index in [2.05, 4.69) is 15.1 Å². The first-order valence-corrected chi connectivity index (χ1v) is 11.2. The van der Waals surface area contributed by atoms with Crippen LogP contribution in [0, 0.1) is 5.82 Å². The maximum absolute atomic E-state index is 13.7. The fourth-order valence-corrected chi connectivity index (χ4v) is 4.40. The highest BCUT2D eigenvalue weighted by Gasteiger charge is 2.30. The van der Waals surface area contributed by atoms with Crippen molar-refractivity contribution in [3.8, 4) is 5.69 Å². The topological polar surface area (TPSA) is 93.1 Å². The lowest BCUT2D eigenvalue weighted by atomic mass is 10.1. The van der Waals surface area contributed by atoms with Crippen molar-refractivity contribution in [3.63, 3.8) is 0 Å². The summed E-state index contributed by atoms with van der Waals surface area (Å²) < 4.78 is 20.4. The fourth-order valence-electron chi connectivity index (χ4n) is 4.40. The monoisotopic (exact) mass is 461 g/mol. The molecule has 0 radical (unpaired) electrons. The molecule has 2 aromatic heterocycles. The lowest BCUT2D eigenvalue weighted by molar-refractivity contribution is 0.0668. The highest BCUT2D eigenvalue weighted by Crippen LogP contribution is 2.29. The molecule has 0 bridgehead atoms. The van der Waals surface area contributed by atoms with E-state index in [1.165, 1.54) is 12.1 Å². The molecule has 0 saturated carbocycles. The minimum absolute atomic E-state index is 0.112. The summed E-state index contributed by atoms with van der Waals surface area (Å²) in [5, 5.41) is 5.14. The summed E-state index contributed by atoms with van der Waals surface area (Å²) in [7, 11) is 1.57. The van der Waals surface area contributed by atoms with Gasteiger partial charge in [-0.05, 0) is 55.7 Å². The van der Waals surface area contributed by atoms with Crippen LogP contribution in [0.1, 0.15) is 34.0 Å². The SMILES string of the molecule is COCCN(Cc1nc2ccccc2c(=O)[nH]1)C(=O)c1nn(-c2ccc(F)cc2)c2c1CCC2. The Morgan fingerprint density at radius 2 is 1.97 bits per heavy atom. The number of benzene rings is 2. The molecule has 4 aromatic rings. The minimum Gasteiger partial charge on any atom is -0.383 e. The van der Waals surface area contributed by atoms with Crippen LogP contribution in [0.25, 0.3) is 16.6 Å². The van der Waals surface area contributed by atoms with Crippen molar-refractivity contribution in [3.05, 3.63) is 87.5 Å². The number of methoxy groups -OCH3 is 1. The number of rotatable bonds is 7. The third kappa shape index (κ3) is 4.10. The van der Waals surface area contributed by atoms with Gasteiger partial charge < -0.3 is 14.6 Å². The van der Waals surface area contributed by atoms with Crippen LogP contribution in [-0.2, 0) is 24.1 Å². The first-order chi connectivity index (χ1) is 16.5. The molecule has 9 heteroatoms. The molecular formula is C25H24FN5O3. The molecule has 0 spiro atoms. The van der Waals surface area contributed by atoms with Crippen LogP contribution in [0.4, 0.5) is 4.39 Å². The number of carbonyl (C=O) groups is 1. The Hall–Kier alpha value is -3.85. The van der Waals surface area contributed by atoms with Gasteiger partial charge in [0.05, 0.1) is 29.7 Å². The van der Waals surface area contributed by atoms with E-state index in [9.17, 15) is 14.0 Å². The van der Waals surface area contributed by atoms with E-state index in [1.807, 2.05) is 6.07 Å². The van der Waals surface area contributed by atoms with Crippen molar-refractivity contribution in [1.29, 1.82) is 0 Å². The van der Waals surface area contributed by atoms with Gasteiger partial charge in [-0.3, -0.25) is 9.59 Å². The Balaban J connectivity index is 1.50. The number of hydrogen-bond donors (Lipinski definition) is 1. The molecule has 8 nitrogen and oxygen atoms in total. The lowest BCUT2D eigenvalue weighted by Crippen LogP contribution is -2.35. The highest BCUT2D eigenvalue weighted by molar-refractivity contribution is 5.94. The first kappa shape index (κ1) is 22.0. The lowest BCUT2D eigenvalue weighted by Gasteiger charge is -2.21. The summed E-state index contributed by atoms with van der Waals surface area (Å²) in [4.78, 5) is 35.1. The Morgan fingerprint density at radius 1 is 1.18 bits per heavy atom. The number of nitrogens with zero attached hydrogens (tertiary/aromatic N) is 4. The summed E-state index contributed by atoms with van der Waals surface area (Å²) in [5.74, 6) is -0.193. The molecule has 174 valence electrons. The number of carbonyl (C=O) groups excluding carboxylic acids is 1. The van der Waals surface area contributed by atoms with E-state index < -0.39 is 0 Å². The summed E-state index contributed by atoms with van der Waals surface area (Å²) >= 11 is 0. The van der Waals surface area contributed by atoms with Crippen LogP contribution in [0.15, 0.2) is 53.3 Å². The summed E-state index contributed by atoms with van der Waals surface area (Å²) in [6, 6.07) is 13.2. The van der Waals surface area contributed by atoms with Crippen LogP contribution in [0.2, 0.25) is 0 Å². The number of amides is 1. The van der Waals surface area contributed by atoms with Crippen molar-refractivity contribution >= 4 is 16.8 Å². The molecule has 1 aliphatic rings. The number of para-hydroxylation sites is 1. The molecule has 2 aromatic carbocycles. The van der Waals surface area contributed by atoms with Gasteiger partial charge in [0.1, 0.15) is 11.6 Å². The highest BCUT2D eigenvalue weighted by atomic mass is 19.1. The van der Waals surface area contributed by atoms with Crippen molar-refractivity contribution in [1.82, 2.24) is 24.6 Å². The number of aromatic nitrogens is 4. The van der Waals surface area contributed by atoms with Crippen molar-refractivity contribution < 1.29 is 13.9 Å². The number of H-pyrrole nitrogens is 1. The molecule has 0 aliphatic heterocycles. The average Bonchev–Trinajstić information content (AvgIpc) is 3.45. The van der Waals surface area contributed by atoms with Crippen molar-refractivity contribution in [2.45, 2.75) is 25.8 Å². The average molecular weight is 461 g/mol. The second-order valence-corrected chi connectivity index (χ2v) is 8.26. The predicted octanol–water partition coefficient (Wildman–Crippen LogP) is 3.03. The quantitative estimate of drug-likeness (QED) is 0.457. The second kappa shape index (κ2) is 9.18. The van der Waals surface area contributed by atoms with Crippen LogP contribution < -0.4 is 5.56 Å². The number of hydrogen-bond acceptors (Lipinski definition) is 5. The van der Waals surface area contributed by atoms with Gasteiger partial charge in [0, 0.05) is 24.9 Å². The van der Waals surface area contributed by atoms with Gasteiger partial charge in [-0.15, -0.1) is 0 Å². The van der Waals surface area contributed by atoms with E-state index in [-0.39, 0.29) is 23.8 Å². The molecular weight excluding hydrogens is 437 g/mol. The van der Waals surface area contributed by atoms with Gasteiger partial charge in [0.15, 0.2) is 5.69 Å². The largest absolute Gasteiger partial charge is 0.383 e. The second-order valence-electron chi connectivity index (χ2n) is 8.26. The molecule has 2 heterocycles. The van der Waals surface area contributed by atoms with Gasteiger partial charge in [-0.1, -0.05) is 12.1 Å². The summed E-state index contributed by atoms with van der Waals surface area (Å²) in [6.45, 7) is 0.745. The summed E-state index contributed by atoms with van der Waals surface area (Å²) in [5.41, 5.74) is 3.29. The number of fused-ring (bicyclic) bond motifs is 2. The molecule has 0 atom stereocenters. The minimum atomic E-state index is -0.327. The van der Waals surface area contributed by atoms with E-state index in [0.29, 0.717) is 41.3 Å². The molecule has 5 rings (SSSR count). The van der Waals surface area contributed by atoms with Crippen LogP contribution in [-0.4, -0.2) is 50.8 Å². The van der Waals surface area contributed by atoms with Crippen molar-refractivity contribution in [2.24, 2.45) is 0 Å². The third-order valence-corrected chi connectivity index (χ3v) is 6.06. The standard InChI is InChI=1S/C25H24FN5O3/c1-34-14-13-30(15-22-27-20-7-3-2-5-18(20)24(32)28-22)25(33)23-19-6-4-8-21(19)31(29-23)17-11-9-16(26)10-12-17/h2-3,5,7,9-12H,4,6,8,13-15H2,1H3,(H,27,28,32). The maximum Gasteiger partial charge on any atom is 0.275 e. The van der Waals surface area contributed by atoms with Crippen LogP contribution in [0.3, 0.4) is 0 Å². The zero-order valence-electron chi connectivity index (χ0n) is 18.8. The van der Waals surface area contributed by atoms with Gasteiger partial charge in [0.2, 0.25) is 0 Å². The molecule has 0 saturated heterocycles. The zero-order chi connectivity index (χ0) is 23.7. The molecule has 0 unspecified atom stereocenters. The van der Waals surface area contributed by atoms with Crippen LogP contribution in [0.5, 0.6) is 0 Å². The smallest absolute Gasteiger partial charge is 0.275 e. The predicted molar refractivity (Wildman–Crippen MR) is 125 cm³/mol. The third-order valence-electron chi connectivity index (χ3n) is 6.06. The number of halogens is 1. The van der Waals surface area contributed by atoms with Crippen molar-refractivity contribution in [2.75, 3.05) is 20.3 Å². The number of ether oxygens (including phenoxy) is 1. The Labute approximate surface area is 195 Å². The van der Waals surface area contributed by atoms with Gasteiger partial charge in [-0.25, -0.2) is 14.1 Å². The Morgan fingerprint density at radius 3 is 2.76 bits per heavy atom. The van der Waals surface area contributed by atoms with Crippen LogP contribution >= 0.6 is 0 Å². The van der Waals surface area contributed by atoms with Gasteiger partial charge >= 0.3 is 0 Å². The van der Waals surface area contributed by atoms with Gasteiger partial charge in [0.25, 0.3) is 11.5 Å². The molecule has 1 N–H and O–H groups in total. The summed E-state index contributed by atoms with van der Waals surface area (Å²) in [6.07, 6.45) is 2.47. The molecule has 0 fully saturated rings. The van der Waals surface area contributed by atoms with E-state index in [4.69, 9.17) is 4.74 Å². The fraction of sp³-hybridized carbons (Fsp3) is 0.280. The Bertz CT molecular complexity index is 1410. The van der Waals surface area contributed by atoms with E-state index in [0.717, 1.165) is 30.5 Å². The number of nitrogens with one attached hydrogen (secondary N) is 1. The first-order valence-electron chi connectivity index (χ1n) is 11.2. The van der Waals surface area contributed by atoms with E-state index >= 15 is 0 Å². The normalized spacial score (nSPS) is 12.8. The number of aromatic amines is 1. The molecule has 34 heavy (non-hydrogen) atoms. The Kier molecular flexibility index (Phi) is 5.93. The van der Waals surface area contributed by atoms with E-state index in [1.54, 1.807) is 47.0 Å². The maximum atomic E-state index is 13.7. The molecule has 1 aliphatic carbocycles.